The number of amides is 4. The Balaban J connectivity index is 4.33. The number of nitrogens with two attached hydrogens (primary N) is 1. The summed E-state index contributed by atoms with van der Waals surface area (Å²) in [5.41, 5.74) is 4.93. The zero-order valence-electron chi connectivity index (χ0n) is 11.5. The molecule has 0 aromatic carbocycles. The van der Waals surface area contributed by atoms with Crippen LogP contribution in [-0.2, 0) is 14.4 Å². The molecule has 9 nitrogen and oxygen atoms in total. The van der Waals surface area contributed by atoms with Crippen molar-refractivity contribution in [1.29, 1.82) is 0 Å². The normalized spacial score (nSPS) is 11.3. The highest BCUT2D eigenvalue weighted by atomic mass is 16.4. The summed E-state index contributed by atoms with van der Waals surface area (Å²) in [6.07, 6.45) is -0.113. The summed E-state index contributed by atoms with van der Waals surface area (Å²) >= 11 is 0. The molecule has 0 aliphatic rings. The van der Waals surface area contributed by atoms with Crippen LogP contribution in [0.4, 0.5) is 4.79 Å². The zero-order valence-corrected chi connectivity index (χ0v) is 11.5. The minimum Gasteiger partial charge on any atom is -0.480 e. The first-order chi connectivity index (χ1) is 9.27. The monoisotopic (exact) mass is 288 g/mol. The second-order valence-electron chi connectivity index (χ2n) is 4.19. The maximum absolute atomic E-state index is 11.7. The van der Waals surface area contributed by atoms with Gasteiger partial charge in [-0.15, -0.1) is 0 Å². The van der Waals surface area contributed by atoms with Crippen molar-refractivity contribution in [2.24, 2.45) is 5.73 Å². The van der Waals surface area contributed by atoms with Crippen LogP contribution < -0.4 is 16.4 Å². The quantitative estimate of drug-likeness (QED) is 0.429. The highest BCUT2D eigenvalue weighted by molar-refractivity contribution is 5.83. The van der Waals surface area contributed by atoms with Gasteiger partial charge in [0.15, 0.2) is 0 Å². The molecule has 20 heavy (non-hydrogen) atoms. The van der Waals surface area contributed by atoms with Gasteiger partial charge in [0.25, 0.3) is 0 Å². The number of aliphatic carboxylic acids is 1. The van der Waals surface area contributed by atoms with Gasteiger partial charge in [-0.1, -0.05) is 0 Å². The Morgan fingerprint density at radius 3 is 2.30 bits per heavy atom. The van der Waals surface area contributed by atoms with E-state index in [0.717, 1.165) is 0 Å². The number of hydrogen-bond acceptors (Lipinski definition) is 4. The Kier molecular flexibility index (Phi) is 7.71. The molecule has 114 valence electrons. The van der Waals surface area contributed by atoms with E-state index in [0.29, 0.717) is 0 Å². The molecule has 0 unspecified atom stereocenters. The van der Waals surface area contributed by atoms with Gasteiger partial charge in [-0.05, 0) is 6.42 Å². The summed E-state index contributed by atoms with van der Waals surface area (Å²) in [4.78, 5) is 45.5. The van der Waals surface area contributed by atoms with Crippen molar-refractivity contribution in [2.45, 2.75) is 25.3 Å². The number of carboxylic acid groups (broad SMARTS) is 1. The molecule has 5 N–H and O–H groups in total. The van der Waals surface area contributed by atoms with E-state index in [1.165, 1.54) is 19.0 Å². The molecule has 0 bridgehead atoms. The first-order valence-corrected chi connectivity index (χ1v) is 6.01. The fourth-order valence-electron chi connectivity index (χ4n) is 1.30. The van der Waals surface area contributed by atoms with Gasteiger partial charge in [-0.25, -0.2) is 9.59 Å². The number of nitrogens with one attached hydrogen (secondary N) is 2. The molecule has 0 aromatic heterocycles. The molecule has 1 atom stereocenters. The number of hydrogen-bond donors (Lipinski definition) is 4. The van der Waals surface area contributed by atoms with Crippen LogP contribution in [0.5, 0.6) is 0 Å². The van der Waals surface area contributed by atoms with Crippen LogP contribution in [-0.4, -0.2) is 60.5 Å². The average Bonchev–Trinajstić information content (AvgIpc) is 2.39. The zero-order chi connectivity index (χ0) is 15.7. The molecule has 0 saturated heterocycles. The van der Waals surface area contributed by atoms with Crippen molar-refractivity contribution >= 4 is 23.8 Å². The molecule has 0 rings (SSSR count). The Morgan fingerprint density at radius 2 is 1.85 bits per heavy atom. The fraction of sp³-hybridized carbons (Fsp3) is 0.636. The standard InChI is InChI=1S/C11H20N4O5/c1-13-9(17)5-6-15(2)11(20)14-7(10(18)19)3-4-8(12)16/h7H,3-6H2,1-2H3,(H2,12,16)(H,13,17)(H,14,20)(H,18,19)/t7-/m1/s1. The van der Waals surface area contributed by atoms with Gasteiger partial charge in [0.05, 0.1) is 0 Å². The van der Waals surface area contributed by atoms with E-state index >= 15 is 0 Å². The Morgan fingerprint density at radius 1 is 1.25 bits per heavy atom. The summed E-state index contributed by atoms with van der Waals surface area (Å²) < 4.78 is 0. The average molecular weight is 288 g/mol. The van der Waals surface area contributed by atoms with Crippen LogP contribution in [0.3, 0.4) is 0 Å². The summed E-state index contributed by atoms with van der Waals surface area (Å²) in [6.45, 7) is 0.146. The molecule has 0 saturated carbocycles. The molecule has 0 fully saturated rings. The maximum atomic E-state index is 11.7. The first kappa shape index (κ1) is 17.7. The third-order valence-electron chi connectivity index (χ3n) is 2.58. The highest BCUT2D eigenvalue weighted by Crippen LogP contribution is 1.99. The van der Waals surface area contributed by atoms with Crippen LogP contribution in [0.25, 0.3) is 0 Å². The van der Waals surface area contributed by atoms with Gasteiger partial charge in [0.2, 0.25) is 11.8 Å². The summed E-state index contributed by atoms with van der Waals surface area (Å²) in [5.74, 6) is -2.12. The van der Waals surface area contributed by atoms with E-state index in [1.54, 1.807) is 0 Å². The third-order valence-corrected chi connectivity index (χ3v) is 2.58. The number of rotatable bonds is 8. The lowest BCUT2D eigenvalue weighted by molar-refractivity contribution is -0.139. The van der Waals surface area contributed by atoms with Crippen LogP contribution in [0, 0.1) is 0 Å². The van der Waals surface area contributed by atoms with Gasteiger partial charge in [-0.2, -0.15) is 0 Å². The van der Waals surface area contributed by atoms with Crippen molar-refractivity contribution in [2.75, 3.05) is 20.6 Å². The molecule has 0 radical (unpaired) electrons. The van der Waals surface area contributed by atoms with Crippen molar-refractivity contribution < 1.29 is 24.3 Å². The van der Waals surface area contributed by atoms with Crippen molar-refractivity contribution in [1.82, 2.24) is 15.5 Å². The lowest BCUT2D eigenvalue weighted by Crippen LogP contribution is -2.47. The number of nitrogens with zero attached hydrogens (tertiary/aromatic N) is 1. The minimum absolute atomic E-state index is 0.0836. The molecule has 9 heteroatoms. The molecule has 0 aromatic rings. The van der Waals surface area contributed by atoms with Crippen LogP contribution in [0.15, 0.2) is 0 Å². The number of primary amides is 1. The summed E-state index contributed by atoms with van der Waals surface area (Å²) in [5, 5.41) is 13.6. The Hall–Kier alpha value is -2.32. The molecule has 0 spiro atoms. The predicted molar refractivity (Wildman–Crippen MR) is 69.7 cm³/mol. The second kappa shape index (κ2) is 8.73. The molecule has 4 amide bonds. The Bertz CT molecular complexity index is 385. The van der Waals surface area contributed by atoms with Gasteiger partial charge in [0.1, 0.15) is 6.04 Å². The van der Waals surface area contributed by atoms with E-state index in [2.05, 4.69) is 10.6 Å². The van der Waals surface area contributed by atoms with Gasteiger partial charge < -0.3 is 26.4 Å². The van der Waals surface area contributed by atoms with Crippen molar-refractivity contribution in [3.63, 3.8) is 0 Å². The van der Waals surface area contributed by atoms with Crippen molar-refractivity contribution in [3.8, 4) is 0 Å². The Labute approximate surface area is 116 Å². The second-order valence-corrected chi connectivity index (χ2v) is 4.19. The molecular weight excluding hydrogens is 268 g/mol. The SMILES string of the molecule is CNC(=O)CCN(C)C(=O)N[C@H](CCC(N)=O)C(=O)O. The number of carbonyl (C=O) groups excluding carboxylic acids is 3. The number of urea groups is 1. The van der Waals surface area contributed by atoms with E-state index < -0.39 is 23.9 Å². The first-order valence-electron chi connectivity index (χ1n) is 6.01. The molecule has 0 heterocycles. The van der Waals surface area contributed by atoms with Gasteiger partial charge >= 0.3 is 12.0 Å². The topological polar surface area (TPSA) is 142 Å². The fourth-order valence-corrected chi connectivity index (χ4v) is 1.30. The number of carbonyl (C=O) groups is 4. The maximum Gasteiger partial charge on any atom is 0.326 e. The number of carboxylic acids is 1. The van der Waals surface area contributed by atoms with E-state index in [4.69, 9.17) is 10.8 Å². The molecule has 0 aliphatic carbocycles. The lowest BCUT2D eigenvalue weighted by Gasteiger charge is -2.20. The highest BCUT2D eigenvalue weighted by Gasteiger charge is 2.22. The molecular formula is C11H20N4O5. The molecule has 0 aliphatic heterocycles. The van der Waals surface area contributed by atoms with Gasteiger partial charge in [-0.3, -0.25) is 9.59 Å². The van der Waals surface area contributed by atoms with Crippen LogP contribution in [0.1, 0.15) is 19.3 Å². The largest absolute Gasteiger partial charge is 0.480 e. The van der Waals surface area contributed by atoms with E-state index in [1.807, 2.05) is 0 Å². The predicted octanol–water partition coefficient (Wildman–Crippen LogP) is -1.52. The third kappa shape index (κ3) is 7.19. The smallest absolute Gasteiger partial charge is 0.326 e. The van der Waals surface area contributed by atoms with Gasteiger partial charge in [0, 0.05) is 33.5 Å². The minimum atomic E-state index is -1.25. The van der Waals surface area contributed by atoms with Crippen molar-refractivity contribution in [3.05, 3.63) is 0 Å². The summed E-state index contributed by atoms with van der Waals surface area (Å²) in [7, 11) is 2.91. The van der Waals surface area contributed by atoms with Crippen LogP contribution in [0.2, 0.25) is 0 Å². The summed E-state index contributed by atoms with van der Waals surface area (Å²) in [6, 6.07) is -1.83. The van der Waals surface area contributed by atoms with E-state index in [-0.39, 0.29) is 31.7 Å². The van der Waals surface area contributed by atoms with E-state index in [9.17, 15) is 19.2 Å². The van der Waals surface area contributed by atoms with Crippen LogP contribution >= 0.6 is 0 Å². The lowest BCUT2D eigenvalue weighted by atomic mass is 10.1.